The molecule has 1 amide bonds. The Hall–Kier alpha value is -3.32. The Morgan fingerprint density at radius 2 is 1.96 bits per heavy atom. The van der Waals surface area contributed by atoms with E-state index >= 15 is 0 Å². The molecular weight excluding hydrogens is 352 g/mol. The predicted molar refractivity (Wildman–Crippen MR) is 116 cm³/mol. The summed E-state index contributed by atoms with van der Waals surface area (Å²) in [6, 6.07) is 13.8. The normalized spacial score (nSPS) is 10.9. The molecule has 3 N–H and O–H groups in total. The molecule has 146 valence electrons. The molecule has 3 aromatic rings. The van der Waals surface area contributed by atoms with Crippen LogP contribution in [-0.4, -0.2) is 55.2 Å². The molecule has 0 atom stereocenters. The van der Waals surface area contributed by atoms with Crippen molar-refractivity contribution in [3.63, 3.8) is 0 Å². The highest BCUT2D eigenvalue weighted by atomic mass is 16.1. The molecule has 2 aromatic carbocycles. The quantitative estimate of drug-likeness (QED) is 0.524. The minimum atomic E-state index is -0.246. The smallest absolute Gasteiger partial charge is 0.247 e. The molecule has 1 aromatic heterocycles. The van der Waals surface area contributed by atoms with E-state index in [2.05, 4.69) is 37.2 Å². The van der Waals surface area contributed by atoms with Crippen molar-refractivity contribution in [1.29, 1.82) is 0 Å². The third kappa shape index (κ3) is 4.50. The van der Waals surface area contributed by atoms with Gasteiger partial charge >= 0.3 is 0 Å². The van der Waals surface area contributed by atoms with Gasteiger partial charge in [0.2, 0.25) is 5.91 Å². The lowest BCUT2D eigenvalue weighted by atomic mass is 10.2. The second-order valence-corrected chi connectivity index (χ2v) is 6.89. The summed E-state index contributed by atoms with van der Waals surface area (Å²) in [5.74, 6) is 0.495. The summed E-state index contributed by atoms with van der Waals surface area (Å²) < 4.78 is 0. The minimum absolute atomic E-state index is 0.246. The third-order valence-electron chi connectivity index (χ3n) is 4.47. The zero-order valence-electron chi connectivity index (χ0n) is 16.5. The summed E-state index contributed by atoms with van der Waals surface area (Å²) in [5, 5.41) is 14.6. The number of anilines is 4. The van der Waals surface area contributed by atoms with Gasteiger partial charge in [0, 0.05) is 31.2 Å². The first-order chi connectivity index (χ1) is 13.5. The number of nitrogens with zero attached hydrogens (tertiary/aromatic N) is 3. The van der Waals surface area contributed by atoms with Gasteiger partial charge < -0.3 is 20.4 Å². The number of carbonyl (C=O) groups excluding carboxylic acids is 1. The number of amides is 1. The molecule has 28 heavy (non-hydrogen) atoms. The van der Waals surface area contributed by atoms with E-state index in [4.69, 9.17) is 0 Å². The van der Waals surface area contributed by atoms with Gasteiger partial charge in [-0.25, -0.2) is 0 Å². The molecule has 0 aliphatic heterocycles. The zero-order valence-corrected chi connectivity index (χ0v) is 16.5. The second-order valence-electron chi connectivity index (χ2n) is 6.89. The Kier molecular flexibility index (Phi) is 5.96. The van der Waals surface area contributed by atoms with Gasteiger partial charge in [0.25, 0.3) is 0 Å². The fourth-order valence-electron chi connectivity index (χ4n) is 2.90. The van der Waals surface area contributed by atoms with Gasteiger partial charge in [-0.2, -0.15) is 5.10 Å². The van der Waals surface area contributed by atoms with E-state index in [0.29, 0.717) is 0 Å². The van der Waals surface area contributed by atoms with E-state index in [9.17, 15) is 4.79 Å². The lowest BCUT2D eigenvalue weighted by Gasteiger charge is -2.24. The largest absolute Gasteiger partial charge is 0.372 e. The molecule has 0 aliphatic carbocycles. The average molecular weight is 378 g/mol. The number of benzene rings is 2. The topological polar surface area (TPSA) is 76.3 Å². The number of hydrogen-bond donors (Lipinski definition) is 3. The molecule has 0 bridgehead atoms. The van der Waals surface area contributed by atoms with Crippen LogP contribution in [0.2, 0.25) is 0 Å². The first-order valence-electron chi connectivity index (χ1n) is 9.11. The van der Waals surface area contributed by atoms with Crippen molar-refractivity contribution in [3.8, 4) is 0 Å². The molecule has 0 fully saturated rings. The molecule has 0 spiro atoms. The summed E-state index contributed by atoms with van der Waals surface area (Å²) in [4.78, 5) is 16.2. The van der Waals surface area contributed by atoms with E-state index in [1.807, 2.05) is 63.6 Å². The Bertz CT molecular complexity index is 978. The molecule has 7 nitrogen and oxygen atoms in total. The van der Waals surface area contributed by atoms with E-state index in [1.54, 1.807) is 0 Å². The SMILES string of the molecule is C=CC(=O)Nc1cc(Nc2n[nH]c3ccccc23)ccc1N(C)CCN(C)C. The van der Waals surface area contributed by atoms with Crippen molar-refractivity contribution in [2.75, 3.05) is 49.8 Å². The van der Waals surface area contributed by atoms with Crippen molar-refractivity contribution in [1.82, 2.24) is 15.1 Å². The predicted octanol–water partition coefficient (Wildman–Crippen LogP) is 3.43. The Balaban J connectivity index is 1.89. The molecule has 3 rings (SSSR count). The first-order valence-corrected chi connectivity index (χ1v) is 9.11. The number of aromatic amines is 1. The zero-order chi connectivity index (χ0) is 20.1. The molecule has 0 aliphatic rings. The number of rotatable bonds is 8. The number of carbonyl (C=O) groups is 1. The van der Waals surface area contributed by atoms with Crippen LogP contribution >= 0.6 is 0 Å². The van der Waals surface area contributed by atoms with Crippen molar-refractivity contribution >= 4 is 39.7 Å². The molecule has 1 heterocycles. The van der Waals surface area contributed by atoms with Crippen LogP contribution in [0.5, 0.6) is 0 Å². The summed E-state index contributed by atoms with van der Waals surface area (Å²) in [7, 11) is 6.08. The standard InChI is InChI=1S/C21H26N6O/c1-5-20(28)23-18-14-15(10-11-19(18)27(4)13-12-26(2)3)22-21-16-8-6-7-9-17(16)24-25-21/h5-11,14H,1,12-13H2,2-4H3,(H,23,28)(H2,22,24,25). The number of nitrogens with one attached hydrogen (secondary N) is 3. The molecule has 0 radical (unpaired) electrons. The van der Waals surface area contributed by atoms with Gasteiger partial charge in [-0.3, -0.25) is 9.89 Å². The molecule has 0 unspecified atom stereocenters. The van der Waals surface area contributed by atoms with Crippen LogP contribution in [0.15, 0.2) is 55.1 Å². The molecule has 0 saturated heterocycles. The van der Waals surface area contributed by atoms with Crippen LogP contribution in [0.1, 0.15) is 0 Å². The third-order valence-corrected chi connectivity index (χ3v) is 4.47. The van der Waals surface area contributed by atoms with Crippen LogP contribution in [0.25, 0.3) is 10.9 Å². The summed E-state index contributed by atoms with van der Waals surface area (Å²) >= 11 is 0. The average Bonchev–Trinajstić information content (AvgIpc) is 3.09. The lowest BCUT2D eigenvalue weighted by Crippen LogP contribution is -2.29. The highest BCUT2D eigenvalue weighted by Crippen LogP contribution is 2.31. The van der Waals surface area contributed by atoms with Gasteiger partial charge in [0.05, 0.1) is 16.9 Å². The summed E-state index contributed by atoms with van der Waals surface area (Å²) in [6.07, 6.45) is 1.27. The number of hydrogen-bond acceptors (Lipinski definition) is 5. The highest BCUT2D eigenvalue weighted by molar-refractivity contribution is 6.02. The van der Waals surface area contributed by atoms with Gasteiger partial charge in [0.15, 0.2) is 5.82 Å². The van der Waals surface area contributed by atoms with Crippen LogP contribution in [0.4, 0.5) is 22.9 Å². The molecular formula is C21H26N6O. The van der Waals surface area contributed by atoms with E-state index in [0.717, 1.165) is 46.9 Å². The number of fused-ring (bicyclic) bond motifs is 1. The fourth-order valence-corrected chi connectivity index (χ4v) is 2.90. The Morgan fingerprint density at radius 3 is 2.71 bits per heavy atom. The second kappa shape index (κ2) is 8.58. The number of aromatic nitrogens is 2. The Morgan fingerprint density at radius 1 is 1.18 bits per heavy atom. The van der Waals surface area contributed by atoms with Gasteiger partial charge in [-0.05, 0) is 50.5 Å². The first kappa shape index (κ1) is 19.4. The van der Waals surface area contributed by atoms with Crippen LogP contribution in [0.3, 0.4) is 0 Å². The summed E-state index contributed by atoms with van der Waals surface area (Å²) in [6.45, 7) is 5.29. The van der Waals surface area contributed by atoms with Gasteiger partial charge in [-0.15, -0.1) is 0 Å². The van der Waals surface area contributed by atoms with Crippen molar-refractivity contribution in [2.45, 2.75) is 0 Å². The van der Waals surface area contributed by atoms with Gasteiger partial charge in [0.1, 0.15) is 0 Å². The van der Waals surface area contributed by atoms with Crippen molar-refractivity contribution in [2.24, 2.45) is 0 Å². The highest BCUT2D eigenvalue weighted by Gasteiger charge is 2.12. The van der Waals surface area contributed by atoms with Crippen LogP contribution in [0, 0.1) is 0 Å². The monoisotopic (exact) mass is 378 g/mol. The number of para-hydroxylation sites is 1. The fraction of sp³-hybridized carbons (Fsp3) is 0.238. The van der Waals surface area contributed by atoms with Crippen LogP contribution in [-0.2, 0) is 4.79 Å². The maximum Gasteiger partial charge on any atom is 0.247 e. The maximum atomic E-state index is 11.9. The number of H-pyrrole nitrogens is 1. The van der Waals surface area contributed by atoms with E-state index < -0.39 is 0 Å². The van der Waals surface area contributed by atoms with Crippen LogP contribution < -0.4 is 15.5 Å². The molecule has 0 saturated carbocycles. The minimum Gasteiger partial charge on any atom is -0.372 e. The van der Waals surface area contributed by atoms with Gasteiger partial charge in [-0.1, -0.05) is 18.7 Å². The lowest BCUT2D eigenvalue weighted by molar-refractivity contribution is -0.111. The van der Waals surface area contributed by atoms with E-state index in [-0.39, 0.29) is 5.91 Å². The van der Waals surface area contributed by atoms with E-state index in [1.165, 1.54) is 6.08 Å². The molecule has 7 heteroatoms. The van der Waals surface area contributed by atoms with Crippen molar-refractivity contribution in [3.05, 3.63) is 55.1 Å². The maximum absolute atomic E-state index is 11.9. The summed E-state index contributed by atoms with van der Waals surface area (Å²) in [5.41, 5.74) is 3.46. The number of likely N-dealkylation sites (N-methyl/N-ethyl adjacent to an activating group) is 2. The van der Waals surface area contributed by atoms with Crippen molar-refractivity contribution < 1.29 is 4.79 Å². The Labute approximate surface area is 165 Å².